The van der Waals surface area contributed by atoms with Gasteiger partial charge >= 0.3 is 0 Å². The number of hydrogen-bond donors (Lipinski definition) is 1. The first-order valence-corrected chi connectivity index (χ1v) is 4.59. The molecule has 0 aromatic heterocycles. The SMILES string of the molecule is CCC(CN(C)CCOC)NC. The van der Waals surface area contributed by atoms with E-state index >= 15 is 0 Å². The lowest BCUT2D eigenvalue weighted by Gasteiger charge is -2.22. The molecule has 3 heteroatoms. The van der Waals surface area contributed by atoms with E-state index in [9.17, 15) is 0 Å². The zero-order chi connectivity index (χ0) is 9.40. The molecular formula is C9H22N2O. The summed E-state index contributed by atoms with van der Waals surface area (Å²) in [6.07, 6.45) is 1.17. The van der Waals surface area contributed by atoms with E-state index in [1.54, 1.807) is 7.11 Å². The van der Waals surface area contributed by atoms with Crippen LogP contribution in [0.2, 0.25) is 0 Å². The Morgan fingerprint density at radius 2 is 2.17 bits per heavy atom. The van der Waals surface area contributed by atoms with Crippen LogP contribution in [0.4, 0.5) is 0 Å². The summed E-state index contributed by atoms with van der Waals surface area (Å²) in [5.41, 5.74) is 0. The van der Waals surface area contributed by atoms with E-state index in [4.69, 9.17) is 4.74 Å². The number of ether oxygens (including phenoxy) is 1. The normalized spacial score (nSPS) is 13.8. The summed E-state index contributed by atoms with van der Waals surface area (Å²) in [5, 5.41) is 3.28. The fourth-order valence-corrected chi connectivity index (χ4v) is 1.14. The molecule has 0 amide bonds. The first kappa shape index (κ1) is 11.9. The first-order chi connectivity index (χ1) is 5.74. The zero-order valence-corrected chi connectivity index (χ0v) is 8.76. The zero-order valence-electron chi connectivity index (χ0n) is 8.76. The van der Waals surface area contributed by atoms with Gasteiger partial charge in [0.1, 0.15) is 0 Å². The van der Waals surface area contributed by atoms with Crippen molar-refractivity contribution in [1.82, 2.24) is 10.2 Å². The van der Waals surface area contributed by atoms with Crippen molar-refractivity contribution in [3.8, 4) is 0 Å². The summed E-state index contributed by atoms with van der Waals surface area (Å²) in [6.45, 7) is 5.12. The third kappa shape index (κ3) is 5.52. The highest BCUT2D eigenvalue weighted by Crippen LogP contribution is 1.93. The monoisotopic (exact) mass is 174 g/mol. The van der Waals surface area contributed by atoms with Crippen LogP contribution in [-0.2, 0) is 4.74 Å². The molecule has 0 aliphatic rings. The van der Waals surface area contributed by atoms with Gasteiger partial charge in [-0.15, -0.1) is 0 Å². The smallest absolute Gasteiger partial charge is 0.0589 e. The molecular weight excluding hydrogens is 152 g/mol. The molecule has 74 valence electrons. The van der Waals surface area contributed by atoms with Crippen LogP contribution < -0.4 is 5.32 Å². The van der Waals surface area contributed by atoms with Crippen LogP contribution in [0.1, 0.15) is 13.3 Å². The molecule has 0 bridgehead atoms. The molecule has 12 heavy (non-hydrogen) atoms. The Balaban J connectivity index is 3.44. The van der Waals surface area contributed by atoms with E-state index in [1.165, 1.54) is 6.42 Å². The van der Waals surface area contributed by atoms with E-state index in [0.717, 1.165) is 19.7 Å². The van der Waals surface area contributed by atoms with Gasteiger partial charge in [0.25, 0.3) is 0 Å². The highest BCUT2D eigenvalue weighted by Gasteiger charge is 2.05. The van der Waals surface area contributed by atoms with Gasteiger partial charge in [0.2, 0.25) is 0 Å². The van der Waals surface area contributed by atoms with Crippen LogP contribution >= 0.6 is 0 Å². The summed E-state index contributed by atoms with van der Waals surface area (Å²) >= 11 is 0. The Bertz CT molecular complexity index is 94.5. The number of nitrogens with one attached hydrogen (secondary N) is 1. The molecule has 0 aliphatic heterocycles. The lowest BCUT2D eigenvalue weighted by molar-refractivity contribution is 0.155. The predicted molar refractivity (Wildman–Crippen MR) is 52.5 cm³/mol. The number of hydrogen-bond acceptors (Lipinski definition) is 3. The molecule has 1 unspecified atom stereocenters. The van der Waals surface area contributed by atoms with Crippen molar-refractivity contribution in [3.63, 3.8) is 0 Å². The van der Waals surface area contributed by atoms with Gasteiger partial charge in [-0.1, -0.05) is 6.92 Å². The molecule has 0 heterocycles. The van der Waals surface area contributed by atoms with Crippen molar-refractivity contribution in [3.05, 3.63) is 0 Å². The molecule has 0 aliphatic carbocycles. The topological polar surface area (TPSA) is 24.5 Å². The largest absolute Gasteiger partial charge is 0.383 e. The molecule has 0 aromatic carbocycles. The number of nitrogens with zero attached hydrogens (tertiary/aromatic N) is 1. The van der Waals surface area contributed by atoms with Gasteiger partial charge < -0.3 is 15.0 Å². The van der Waals surface area contributed by atoms with Gasteiger partial charge in [-0.25, -0.2) is 0 Å². The average molecular weight is 174 g/mol. The van der Waals surface area contributed by atoms with E-state index in [2.05, 4.69) is 24.2 Å². The second-order valence-corrected chi connectivity index (χ2v) is 3.15. The maximum absolute atomic E-state index is 5.00. The van der Waals surface area contributed by atoms with Crippen molar-refractivity contribution in [2.75, 3.05) is 40.9 Å². The standard InChI is InChI=1S/C9H22N2O/c1-5-9(10-2)8-11(3)6-7-12-4/h9-10H,5-8H2,1-4H3. The van der Waals surface area contributed by atoms with Crippen molar-refractivity contribution >= 4 is 0 Å². The molecule has 0 saturated carbocycles. The highest BCUT2D eigenvalue weighted by atomic mass is 16.5. The van der Waals surface area contributed by atoms with Crippen molar-refractivity contribution < 1.29 is 4.74 Å². The number of methoxy groups -OCH3 is 1. The number of likely N-dealkylation sites (N-methyl/N-ethyl adjacent to an activating group) is 2. The summed E-state index contributed by atoms with van der Waals surface area (Å²) in [7, 11) is 5.88. The van der Waals surface area contributed by atoms with Crippen molar-refractivity contribution in [2.45, 2.75) is 19.4 Å². The van der Waals surface area contributed by atoms with Crippen LogP contribution in [0.3, 0.4) is 0 Å². The summed E-state index contributed by atoms with van der Waals surface area (Å²) in [4.78, 5) is 2.29. The third-order valence-corrected chi connectivity index (χ3v) is 2.11. The lowest BCUT2D eigenvalue weighted by atomic mass is 10.2. The predicted octanol–water partition coefficient (Wildman–Crippen LogP) is 0.563. The van der Waals surface area contributed by atoms with Crippen LogP contribution in [0.15, 0.2) is 0 Å². The van der Waals surface area contributed by atoms with Crippen LogP contribution in [0.5, 0.6) is 0 Å². The van der Waals surface area contributed by atoms with Gasteiger partial charge in [-0.05, 0) is 20.5 Å². The van der Waals surface area contributed by atoms with E-state index in [-0.39, 0.29) is 0 Å². The molecule has 1 N–H and O–H groups in total. The fourth-order valence-electron chi connectivity index (χ4n) is 1.14. The molecule has 0 rings (SSSR count). The quantitative estimate of drug-likeness (QED) is 0.610. The van der Waals surface area contributed by atoms with Gasteiger partial charge in [0.05, 0.1) is 6.61 Å². The van der Waals surface area contributed by atoms with E-state index in [1.807, 2.05) is 7.05 Å². The Hall–Kier alpha value is -0.120. The maximum atomic E-state index is 5.00. The van der Waals surface area contributed by atoms with Crippen LogP contribution in [0, 0.1) is 0 Å². The minimum absolute atomic E-state index is 0.604. The van der Waals surface area contributed by atoms with Crippen molar-refractivity contribution in [1.29, 1.82) is 0 Å². The van der Waals surface area contributed by atoms with Crippen LogP contribution in [0.25, 0.3) is 0 Å². The van der Waals surface area contributed by atoms with Gasteiger partial charge in [-0.2, -0.15) is 0 Å². The Labute approximate surface area is 76.1 Å². The molecule has 3 nitrogen and oxygen atoms in total. The van der Waals surface area contributed by atoms with Crippen molar-refractivity contribution in [2.24, 2.45) is 0 Å². The van der Waals surface area contributed by atoms with Crippen LogP contribution in [-0.4, -0.2) is 51.8 Å². The van der Waals surface area contributed by atoms with Gasteiger partial charge in [0.15, 0.2) is 0 Å². The molecule has 0 aromatic rings. The second kappa shape index (κ2) is 7.53. The van der Waals surface area contributed by atoms with Gasteiger partial charge in [-0.3, -0.25) is 0 Å². The molecule has 0 spiro atoms. The maximum Gasteiger partial charge on any atom is 0.0589 e. The molecule has 0 radical (unpaired) electrons. The summed E-state index contributed by atoms with van der Waals surface area (Å²) in [5.74, 6) is 0. The molecule has 0 saturated heterocycles. The minimum Gasteiger partial charge on any atom is -0.383 e. The number of rotatable bonds is 7. The minimum atomic E-state index is 0.604. The van der Waals surface area contributed by atoms with E-state index in [0.29, 0.717) is 6.04 Å². The van der Waals surface area contributed by atoms with E-state index < -0.39 is 0 Å². The Morgan fingerprint density at radius 1 is 1.50 bits per heavy atom. The lowest BCUT2D eigenvalue weighted by Crippen LogP contribution is -2.38. The highest BCUT2D eigenvalue weighted by molar-refractivity contribution is 4.66. The Morgan fingerprint density at radius 3 is 2.58 bits per heavy atom. The van der Waals surface area contributed by atoms with Gasteiger partial charge in [0, 0.05) is 26.2 Å². The second-order valence-electron chi connectivity index (χ2n) is 3.15. The first-order valence-electron chi connectivity index (χ1n) is 4.59. The summed E-state index contributed by atoms with van der Waals surface area (Å²) in [6, 6.07) is 0.604. The Kier molecular flexibility index (Phi) is 7.45. The molecule has 0 fully saturated rings. The summed E-state index contributed by atoms with van der Waals surface area (Å²) < 4.78 is 5.00. The molecule has 1 atom stereocenters. The third-order valence-electron chi connectivity index (χ3n) is 2.11. The average Bonchev–Trinajstić information content (AvgIpc) is 2.10. The fraction of sp³-hybridized carbons (Fsp3) is 1.00.